The highest BCUT2D eigenvalue weighted by molar-refractivity contribution is 6.32. The number of nitrogens with two attached hydrogens (primary N) is 1. The Morgan fingerprint density at radius 3 is 2.94 bits per heavy atom. The fraction of sp³-hybridized carbons (Fsp3) is 0.417. The molecule has 0 aromatic heterocycles. The Kier molecular flexibility index (Phi) is 5.25. The molecule has 1 aromatic carbocycles. The van der Waals surface area contributed by atoms with E-state index in [9.17, 15) is 4.79 Å². The highest BCUT2D eigenvalue weighted by atomic mass is 35.5. The molecule has 0 fully saturated rings. The van der Waals surface area contributed by atoms with Crippen molar-refractivity contribution in [3.63, 3.8) is 0 Å². The average molecular weight is 257 g/mol. The van der Waals surface area contributed by atoms with Gasteiger partial charge in [-0.05, 0) is 31.5 Å². The van der Waals surface area contributed by atoms with E-state index < -0.39 is 6.10 Å². The number of hydrogen-bond donors (Lipinski definition) is 2. The number of hydrogen-bond acceptors (Lipinski definition) is 3. The van der Waals surface area contributed by atoms with Gasteiger partial charge in [-0.3, -0.25) is 4.79 Å². The van der Waals surface area contributed by atoms with Crippen LogP contribution in [0, 0.1) is 6.92 Å². The van der Waals surface area contributed by atoms with E-state index >= 15 is 0 Å². The first-order valence-corrected chi connectivity index (χ1v) is 5.83. The van der Waals surface area contributed by atoms with Crippen LogP contribution in [0.5, 0.6) is 5.75 Å². The minimum Gasteiger partial charge on any atom is -0.479 e. The summed E-state index contributed by atoms with van der Waals surface area (Å²) in [5.41, 5.74) is 6.32. The predicted octanol–water partition coefficient (Wildman–Crippen LogP) is 1.49. The molecule has 3 N–H and O–H groups in total. The number of carbonyl (C=O) groups is 1. The molecular formula is C12H17ClN2O2. The lowest BCUT2D eigenvalue weighted by atomic mass is 10.2. The van der Waals surface area contributed by atoms with E-state index in [1.54, 1.807) is 19.1 Å². The van der Waals surface area contributed by atoms with Crippen molar-refractivity contribution < 1.29 is 9.53 Å². The molecule has 0 aliphatic carbocycles. The van der Waals surface area contributed by atoms with E-state index in [-0.39, 0.29) is 5.91 Å². The molecule has 0 bridgehead atoms. The van der Waals surface area contributed by atoms with Gasteiger partial charge in [-0.2, -0.15) is 0 Å². The normalized spacial score (nSPS) is 12.0. The molecule has 0 radical (unpaired) electrons. The van der Waals surface area contributed by atoms with Crippen LogP contribution in [0.4, 0.5) is 0 Å². The number of rotatable bonds is 5. The highest BCUT2D eigenvalue weighted by Crippen LogP contribution is 2.26. The first kappa shape index (κ1) is 13.8. The van der Waals surface area contributed by atoms with Gasteiger partial charge < -0.3 is 15.8 Å². The van der Waals surface area contributed by atoms with Crippen LogP contribution in [0.3, 0.4) is 0 Å². The SMILES string of the molecule is Cc1ccc(Cl)c(OC(C)C(=O)NCCN)c1. The maximum absolute atomic E-state index is 11.6. The van der Waals surface area contributed by atoms with Gasteiger partial charge in [-0.1, -0.05) is 17.7 Å². The van der Waals surface area contributed by atoms with Crippen LogP contribution in [0.1, 0.15) is 12.5 Å². The lowest BCUT2D eigenvalue weighted by Gasteiger charge is -2.15. The number of amides is 1. The van der Waals surface area contributed by atoms with Gasteiger partial charge in [0.1, 0.15) is 5.75 Å². The summed E-state index contributed by atoms with van der Waals surface area (Å²) in [6.45, 7) is 4.45. The summed E-state index contributed by atoms with van der Waals surface area (Å²) in [6, 6.07) is 5.43. The molecule has 0 heterocycles. The van der Waals surface area contributed by atoms with Gasteiger partial charge in [0, 0.05) is 13.1 Å². The van der Waals surface area contributed by atoms with Crippen LogP contribution in [-0.2, 0) is 4.79 Å². The minimum absolute atomic E-state index is 0.201. The maximum atomic E-state index is 11.6. The summed E-state index contributed by atoms with van der Waals surface area (Å²) >= 11 is 5.97. The van der Waals surface area contributed by atoms with Crippen molar-refractivity contribution in [3.8, 4) is 5.75 Å². The number of ether oxygens (including phenoxy) is 1. The van der Waals surface area contributed by atoms with Crippen LogP contribution >= 0.6 is 11.6 Å². The van der Waals surface area contributed by atoms with E-state index in [0.29, 0.717) is 23.9 Å². The fourth-order valence-electron chi connectivity index (χ4n) is 1.28. The molecule has 0 saturated heterocycles. The van der Waals surface area contributed by atoms with Gasteiger partial charge >= 0.3 is 0 Å². The number of benzene rings is 1. The Morgan fingerprint density at radius 1 is 1.59 bits per heavy atom. The van der Waals surface area contributed by atoms with Gasteiger partial charge in [0.25, 0.3) is 5.91 Å². The summed E-state index contributed by atoms with van der Waals surface area (Å²) in [5, 5.41) is 3.15. The van der Waals surface area contributed by atoms with E-state index in [1.807, 2.05) is 13.0 Å². The molecule has 1 aromatic rings. The van der Waals surface area contributed by atoms with Crippen LogP contribution in [0.2, 0.25) is 5.02 Å². The van der Waals surface area contributed by atoms with Crippen molar-refractivity contribution >= 4 is 17.5 Å². The van der Waals surface area contributed by atoms with Crippen LogP contribution in [-0.4, -0.2) is 25.1 Å². The lowest BCUT2D eigenvalue weighted by Crippen LogP contribution is -2.38. The van der Waals surface area contributed by atoms with Gasteiger partial charge in [0.05, 0.1) is 5.02 Å². The molecule has 1 amide bonds. The number of aryl methyl sites for hydroxylation is 1. The molecule has 4 nitrogen and oxygen atoms in total. The smallest absolute Gasteiger partial charge is 0.260 e. The Labute approximate surface area is 106 Å². The molecule has 0 spiro atoms. The lowest BCUT2D eigenvalue weighted by molar-refractivity contribution is -0.127. The van der Waals surface area contributed by atoms with Gasteiger partial charge in [-0.25, -0.2) is 0 Å². The molecule has 0 aliphatic rings. The average Bonchev–Trinajstić information content (AvgIpc) is 2.30. The first-order chi connectivity index (χ1) is 8.04. The molecule has 17 heavy (non-hydrogen) atoms. The van der Waals surface area contributed by atoms with Crippen LogP contribution in [0.15, 0.2) is 18.2 Å². The largest absolute Gasteiger partial charge is 0.479 e. The predicted molar refractivity (Wildman–Crippen MR) is 68.3 cm³/mol. The third-order valence-corrected chi connectivity index (χ3v) is 2.52. The van der Waals surface area contributed by atoms with Crippen molar-refractivity contribution in [1.82, 2.24) is 5.32 Å². The highest BCUT2D eigenvalue weighted by Gasteiger charge is 2.15. The Hall–Kier alpha value is -1.26. The molecule has 5 heteroatoms. The first-order valence-electron chi connectivity index (χ1n) is 5.45. The zero-order valence-corrected chi connectivity index (χ0v) is 10.8. The molecule has 1 unspecified atom stereocenters. The molecule has 1 rings (SSSR count). The standard InChI is InChI=1S/C12H17ClN2O2/c1-8-3-4-10(13)11(7-8)17-9(2)12(16)15-6-5-14/h3-4,7,9H,5-6,14H2,1-2H3,(H,15,16). The molecular weight excluding hydrogens is 240 g/mol. The molecule has 0 aliphatic heterocycles. The van der Waals surface area contributed by atoms with E-state index in [0.717, 1.165) is 5.56 Å². The second-order valence-electron chi connectivity index (χ2n) is 3.77. The topological polar surface area (TPSA) is 64.3 Å². The second-order valence-corrected chi connectivity index (χ2v) is 4.18. The third-order valence-electron chi connectivity index (χ3n) is 2.20. The van der Waals surface area contributed by atoms with Crippen molar-refractivity contribution in [2.75, 3.05) is 13.1 Å². The zero-order chi connectivity index (χ0) is 12.8. The number of nitrogens with one attached hydrogen (secondary N) is 1. The Balaban J connectivity index is 2.64. The summed E-state index contributed by atoms with van der Waals surface area (Å²) < 4.78 is 5.50. The maximum Gasteiger partial charge on any atom is 0.260 e. The Morgan fingerprint density at radius 2 is 2.29 bits per heavy atom. The minimum atomic E-state index is -0.596. The zero-order valence-electron chi connectivity index (χ0n) is 10.00. The Bertz CT molecular complexity index is 396. The summed E-state index contributed by atoms with van der Waals surface area (Å²) in [7, 11) is 0. The van der Waals surface area contributed by atoms with Gasteiger partial charge in [-0.15, -0.1) is 0 Å². The van der Waals surface area contributed by atoms with Crippen LogP contribution in [0.25, 0.3) is 0 Å². The number of carbonyl (C=O) groups excluding carboxylic acids is 1. The summed E-state index contributed by atoms with van der Waals surface area (Å²) in [4.78, 5) is 11.6. The quantitative estimate of drug-likeness (QED) is 0.839. The van der Waals surface area contributed by atoms with Crippen LogP contribution < -0.4 is 15.8 Å². The van der Waals surface area contributed by atoms with Gasteiger partial charge in [0.2, 0.25) is 0 Å². The third kappa shape index (κ3) is 4.24. The van der Waals surface area contributed by atoms with Crippen molar-refractivity contribution in [3.05, 3.63) is 28.8 Å². The molecule has 0 saturated carbocycles. The van der Waals surface area contributed by atoms with Crippen molar-refractivity contribution in [1.29, 1.82) is 0 Å². The van der Waals surface area contributed by atoms with Gasteiger partial charge in [0.15, 0.2) is 6.10 Å². The van der Waals surface area contributed by atoms with E-state index in [2.05, 4.69) is 5.32 Å². The van der Waals surface area contributed by atoms with Crippen molar-refractivity contribution in [2.45, 2.75) is 20.0 Å². The van der Waals surface area contributed by atoms with Crippen molar-refractivity contribution in [2.24, 2.45) is 5.73 Å². The van der Waals surface area contributed by atoms with E-state index in [1.165, 1.54) is 0 Å². The number of halogens is 1. The monoisotopic (exact) mass is 256 g/mol. The molecule has 1 atom stereocenters. The molecule has 94 valence electrons. The van der Waals surface area contributed by atoms with E-state index in [4.69, 9.17) is 22.1 Å². The fourth-order valence-corrected chi connectivity index (χ4v) is 1.45. The summed E-state index contributed by atoms with van der Waals surface area (Å²) in [6.07, 6.45) is -0.596. The summed E-state index contributed by atoms with van der Waals surface area (Å²) in [5.74, 6) is 0.315. The second kappa shape index (κ2) is 6.47.